The molecule has 0 atom stereocenters. The minimum Gasteiger partial charge on any atom is -0.340 e. The summed E-state index contributed by atoms with van der Waals surface area (Å²) in [5.41, 5.74) is 1.17. The van der Waals surface area contributed by atoms with E-state index in [0.29, 0.717) is 13.1 Å². The first-order valence-corrected chi connectivity index (χ1v) is 9.17. The van der Waals surface area contributed by atoms with E-state index in [2.05, 4.69) is 14.6 Å². The van der Waals surface area contributed by atoms with Crippen LogP contribution in [0.15, 0.2) is 24.5 Å². The first-order valence-electron chi connectivity index (χ1n) is 7.28. The third-order valence-electron chi connectivity index (χ3n) is 3.56. The van der Waals surface area contributed by atoms with Gasteiger partial charge in [-0.2, -0.15) is 0 Å². The SMILES string of the molecule is CS(=O)(=O)NCCC(=O)N1CCN(Cc2cccnc2)CC1. The lowest BCUT2D eigenvalue weighted by Crippen LogP contribution is -2.48. The van der Waals surface area contributed by atoms with Gasteiger partial charge in [-0.15, -0.1) is 0 Å². The summed E-state index contributed by atoms with van der Waals surface area (Å²) in [6.07, 6.45) is 4.91. The van der Waals surface area contributed by atoms with Crippen molar-refractivity contribution in [3.05, 3.63) is 30.1 Å². The van der Waals surface area contributed by atoms with E-state index in [1.165, 1.54) is 5.56 Å². The van der Waals surface area contributed by atoms with Gasteiger partial charge in [0.25, 0.3) is 0 Å². The van der Waals surface area contributed by atoms with Gasteiger partial charge in [0.15, 0.2) is 0 Å². The third kappa shape index (κ3) is 5.70. The molecule has 1 aliphatic rings. The zero-order valence-electron chi connectivity index (χ0n) is 12.7. The van der Waals surface area contributed by atoms with Crippen molar-refractivity contribution in [3.63, 3.8) is 0 Å². The van der Waals surface area contributed by atoms with Crippen LogP contribution < -0.4 is 4.72 Å². The molecule has 122 valence electrons. The highest BCUT2D eigenvalue weighted by atomic mass is 32.2. The Morgan fingerprint density at radius 2 is 2.05 bits per heavy atom. The van der Waals surface area contributed by atoms with Crippen LogP contribution in [0.3, 0.4) is 0 Å². The Kier molecular flexibility index (Phi) is 5.87. The molecule has 1 aliphatic heterocycles. The largest absolute Gasteiger partial charge is 0.340 e. The van der Waals surface area contributed by atoms with E-state index in [-0.39, 0.29) is 18.9 Å². The summed E-state index contributed by atoms with van der Waals surface area (Å²) >= 11 is 0. The second kappa shape index (κ2) is 7.66. The predicted molar refractivity (Wildman–Crippen MR) is 83.6 cm³/mol. The molecule has 7 nitrogen and oxygen atoms in total. The molecule has 0 unspecified atom stereocenters. The Morgan fingerprint density at radius 3 is 2.64 bits per heavy atom. The highest BCUT2D eigenvalue weighted by molar-refractivity contribution is 7.88. The number of hydrogen-bond acceptors (Lipinski definition) is 5. The van der Waals surface area contributed by atoms with Crippen molar-refractivity contribution in [3.8, 4) is 0 Å². The molecule has 0 saturated carbocycles. The Bertz CT molecular complexity index is 583. The van der Waals surface area contributed by atoms with E-state index >= 15 is 0 Å². The summed E-state index contributed by atoms with van der Waals surface area (Å²) in [5.74, 6) is -0.00261. The van der Waals surface area contributed by atoms with E-state index in [9.17, 15) is 13.2 Å². The lowest BCUT2D eigenvalue weighted by molar-refractivity contribution is -0.132. The smallest absolute Gasteiger partial charge is 0.223 e. The number of carbonyl (C=O) groups is 1. The number of piperazine rings is 1. The van der Waals surface area contributed by atoms with Gasteiger partial charge in [-0.3, -0.25) is 14.7 Å². The van der Waals surface area contributed by atoms with Crippen LogP contribution in [-0.4, -0.2) is 68.1 Å². The van der Waals surface area contributed by atoms with E-state index in [1.54, 1.807) is 11.1 Å². The van der Waals surface area contributed by atoms with Crippen molar-refractivity contribution in [2.75, 3.05) is 39.0 Å². The van der Waals surface area contributed by atoms with Gasteiger partial charge in [-0.25, -0.2) is 13.1 Å². The highest BCUT2D eigenvalue weighted by Crippen LogP contribution is 2.08. The minimum absolute atomic E-state index is 0.00261. The quantitative estimate of drug-likeness (QED) is 0.774. The lowest BCUT2D eigenvalue weighted by Gasteiger charge is -2.34. The van der Waals surface area contributed by atoms with E-state index in [4.69, 9.17) is 0 Å². The van der Waals surface area contributed by atoms with Crippen molar-refractivity contribution in [1.29, 1.82) is 0 Å². The zero-order valence-corrected chi connectivity index (χ0v) is 13.6. The molecule has 1 aromatic rings. The fourth-order valence-corrected chi connectivity index (χ4v) is 2.88. The summed E-state index contributed by atoms with van der Waals surface area (Å²) in [6.45, 7) is 4.00. The molecule has 2 heterocycles. The number of carbonyl (C=O) groups excluding carboxylic acids is 1. The Hall–Kier alpha value is -1.51. The molecular weight excluding hydrogens is 304 g/mol. The van der Waals surface area contributed by atoms with Crippen LogP contribution in [0.25, 0.3) is 0 Å². The minimum atomic E-state index is -3.23. The molecule has 1 saturated heterocycles. The highest BCUT2D eigenvalue weighted by Gasteiger charge is 2.20. The zero-order chi connectivity index (χ0) is 16.0. The molecule has 0 bridgehead atoms. The fourth-order valence-electron chi connectivity index (χ4n) is 2.41. The van der Waals surface area contributed by atoms with Crippen LogP contribution in [0, 0.1) is 0 Å². The number of rotatable bonds is 6. The molecule has 0 aliphatic carbocycles. The Morgan fingerprint density at radius 1 is 1.32 bits per heavy atom. The number of amides is 1. The van der Waals surface area contributed by atoms with Crippen LogP contribution in [0.2, 0.25) is 0 Å². The summed E-state index contributed by atoms with van der Waals surface area (Å²) in [4.78, 5) is 20.2. The van der Waals surface area contributed by atoms with Crippen molar-refractivity contribution in [2.24, 2.45) is 0 Å². The topological polar surface area (TPSA) is 82.6 Å². The number of hydrogen-bond donors (Lipinski definition) is 1. The van der Waals surface area contributed by atoms with E-state index < -0.39 is 10.0 Å². The third-order valence-corrected chi connectivity index (χ3v) is 4.29. The molecule has 1 fully saturated rings. The molecule has 0 spiro atoms. The normalized spacial score (nSPS) is 16.7. The average molecular weight is 326 g/mol. The van der Waals surface area contributed by atoms with Crippen LogP contribution in [0.5, 0.6) is 0 Å². The second-order valence-corrected chi connectivity index (χ2v) is 7.27. The lowest BCUT2D eigenvalue weighted by atomic mass is 10.2. The molecule has 0 radical (unpaired) electrons. The van der Waals surface area contributed by atoms with Gasteiger partial charge in [-0.05, 0) is 11.6 Å². The maximum Gasteiger partial charge on any atom is 0.223 e. The number of nitrogens with one attached hydrogen (secondary N) is 1. The van der Waals surface area contributed by atoms with Crippen LogP contribution in [0.4, 0.5) is 0 Å². The molecular formula is C14H22N4O3S. The van der Waals surface area contributed by atoms with Crippen molar-refractivity contribution in [2.45, 2.75) is 13.0 Å². The average Bonchev–Trinajstić information content (AvgIpc) is 2.47. The summed E-state index contributed by atoms with van der Waals surface area (Å²) in [7, 11) is -3.23. The van der Waals surface area contributed by atoms with Gasteiger partial charge in [0, 0.05) is 58.1 Å². The second-order valence-electron chi connectivity index (χ2n) is 5.43. The van der Waals surface area contributed by atoms with Gasteiger partial charge < -0.3 is 4.90 Å². The van der Waals surface area contributed by atoms with E-state index in [0.717, 1.165) is 25.9 Å². The van der Waals surface area contributed by atoms with Gasteiger partial charge in [0.2, 0.25) is 15.9 Å². The molecule has 1 amide bonds. The monoisotopic (exact) mass is 326 g/mol. The van der Waals surface area contributed by atoms with Crippen molar-refractivity contribution < 1.29 is 13.2 Å². The maximum absolute atomic E-state index is 12.0. The number of sulfonamides is 1. The number of aromatic nitrogens is 1. The molecule has 1 N–H and O–H groups in total. The Labute approximate surface area is 131 Å². The first kappa shape index (κ1) is 16.9. The summed E-state index contributed by atoms with van der Waals surface area (Å²) in [6, 6.07) is 3.96. The van der Waals surface area contributed by atoms with Crippen LogP contribution in [-0.2, 0) is 21.4 Å². The fraction of sp³-hybridized carbons (Fsp3) is 0.571. The van der Waals surface area contributed by atoms with Gasteiger partial charge >= 0.3 is 0 Å². The summed E-state index contributed by atoms with van der Waals surface area (Å²) < 4.78 is 24.3. The van der Waals surface area contributed by atoms with Gasteiger partial charge in [0.05, 0.1) is 6.26 Å². The van der Waals surface area contributed by atoms with Gasteiger partial charge in [-0.1, -0.05) is 6.07 Å². The molecule has 8 heteroatoms. The molecule has 0 aromatic carbocycles. The molecule has 2 rings (SSSR count). The Balaban J connectivity index is 1.71. The molecule has 1 aromatic heterocycles. The first-order chi connectivity index (χ1) is 10.4. The summed E-state index contributed by atoms with van der Waals surface area (Å²) in [5, 5.41) is 0. The van der Waals surface area contributed by atoms with Crippen LogP contribution in [0.1, 0.15) is 12.0 Å². The van der Waals surface area contributed by atoms with Crippen LogP contribution >= 0.6 is 0 Å². The molecule has 22 heavy (non-hydrogen) atoms. The van der Waals surface area contributed by atoms with Crippen molar-refractivity contribution in [1.82, 2.24) is 19.5 Å². The van der Waals surface area contributed by atoms with E-state index in [1.807, 2.05) is 18.3 Å². The van der Waals surface area contributed by atoms with Crippen molar-refractivity contribution >= 4 is 15.9 Å². The predicted octanol–water partition coefficient (Wildman–Crippen LogP) is -0.335. The van der Waals surface area contributed by atoms with Gasteiger partial charge in [0.1, 0.15) is 0 Å². The number of nitrogens with zero attached hydrogens (tertiary/aromatic N) is 3. The standard InChI is InChI=1S/C14H22N4O3S/c1-22(20,21)16-6-4-14(19)18-9-7-17(8-10-18)12-13-3-2-5-15-11-13/h2-3,5,11,16H,4,6-10,12H2,1H3. The number of pyridine rings is 1. The maximum atomic E-state index is 12.0.